The first-order valence-corrected chi connectivity index (χ1v) is 4.55. The van der Waals surface area contributed by atoms with E-state index in [4.69, 9.17) is 0 Å². The van der Waals surface area contributed by atoms with Gasteiger partial charge in [0.2, 0.25) is 5.91 Å². The molecule has 1 aromatic rings. The van der Waals surface area contributed by atoms with Crippen LogP contribution >= 0.6 is 0 Å². The molecule has 0 spiro atoms. The number of hydrogen-bond donors (Lipinski definition) is 1. The van der Waals surface area contributed by atoms with E-state index in [1.807, 2.05) is 12.1 Å². The van der Waals surface area contributed by atoms with E-state index in [0.29, 0.717) is 6.54 Å². The van der Waals surface area contributed by atoms with Gasteiger partial charge in [0, 0.05) is 13.5 Å². The fourth-order valence-corrected chi connectivity index (χ4v) is 1.29. The molecule has 0 radical (unpaired) electrons. The van der Waals surface area contributed by atoms with Gasteiger partial charge in [-0.1, -0.05) is 31.2 Å². The zero-order chi connectivity index (χ0) is 9.68. The Morgan fingerprint density at radius 1 is 1.31 bits per heavy atom. The molecule has 0 heterocycles. The molecule has 0 saturated carbocycles. The summed E-state index contributed by atoms with van der Waals surface area (Å²) in [7, 11) is 0. The van der Waals surface area contributed by atoms with E-state index < -0.39 is 0 Å². The van der Waals surface area contributed by atoms with Crippen molar-refractivity contribution in [1.82, 2.24) is 5.32 Å². The van der Waals surface area contributed by atoms with Gasteiger partial charge in [-0.15, -0.1) is 0 Å². The van der Waals surface area contributed by atoms with Gasteiger partial charge in [-0.25, -0.2) is 0 Å². The Labute approximate surface area is 79.0 Å². The standard InChI is InChI=1S/C11H15NO/c1-3-10-6-4-5-7-11(10)8-12-9(2)13/h4-7H,3,8H2,1-2H3,(H,12,13). The number of hydrogen-bond acceptors (Lipinski definition) is 1. The maximum Gasteiger partial charge on any atom is 0.217 e. The van der Waals surface area contributed by atoms with E-state index in [9.17, 15) is 4.79 Å². The smallest absolute Gasteiger partial charge is 0.217 e. The van der Waals surface area contributed by atoms with Crippen LogP contribution in [0.3, 0.4) is 0 Å². The summed E-state index contributed by atoms with van der Waals surface area (Å²) in [4.78, 5) is 10.7. The first kappa shape index (κ1) is 9.78. The fourth-order valence-electron chi connectivity index (χ4n) is 1.29. The molecule has 0 aliphatic heterocycles. The predicted octanol–water partition coefficient (Wildman–Crippen LogP) is 1.89. The van der Waals surface area contributed by atoms with Crippen molar-refractivity contribution in [2.75, 3.05) is 0 Å². The van der Waals surface area contributed by atoms with E-state index in [1.54, 1.807) is 0 Å². The van der Waals surface area contributed by atoms with Gasteiger partial charge < -0.3 is 5.32 Å². The highest BCUT2D eigenvalue weighted by Crippen LogP contribution is 2.08. The van der Waals surface area contributed by atoms with Crippen molar-refractivity contribution in [1.29, 1.82) is 0 Å². The zero-order valence-corrected chi connectivity index (χ0v) is 8.13. The number of carbonyl (C=O) groups excluding carboxylic acids is 1. The molecule has 0 atom stereocenters. The first-order chi connectivity index (χ1) is 6.24. The van der Waals surface area contributed by atoms with Crippen molar-refractivity contribution in [3.63, 3.8) is 0 Å². The van der Waals surface area contributed by atoms with Gasteiger partial charge in [0.1, 0.15) is 0 Å². The Kier molecular flexibility index (Phi) is 3.50. The monoisotopic (exact) mass is 177 g/mol. The van der Waals surface area contributed by atoms with Crippen molar-refractivity contribution in [2.24, 2.45) is 0 Å². The summed E-state index contributed by atoms with van der Waals surface area (Å²) in [5.41, 5.74) is 2.51. The lowest BCUT2D eigenvalue weighted by Gasteiger charge is -2.07. The summed E-state index contributed by atoms with van der Waals surface area (Å²) < 4.78 is 0. The van der Waals surface area contributed by atoms with E-state index in [1.165, 1.54) is 18.1 Å². The highest BCUT2D eigenvalue weighted by Gasteiger charge is 1.99. The van der Waals surface area contributed by atoms with Gasteiger partial charge in [-0.2, -0.15) is 0 Å². The summed E-state index contributed by atoms with van der Waals surface area (Å²) >= 11 is 0. The maximum absolute atomic E-state index is 10.7. The topological polar surface area (TPSA) is 29.1 Å². The van der Waals surface area contributed by atoms with Gasteiger partial charge >= 0.3 is 0 Å². The molecular formula is C11H15NO. The maximum atomic E-state index is 10.7. The van der Waals surface area contributed by atoms with Gasteiger partial charge in [-0.05, 0) is 17.5 Å². The Bertz CT molecular complexity index is 294. The fraction of sp³-hybridized carbons (Fsp3) is 0.364. The van der Waals surface area contributed by atoms with Crippen LogP contribution in [0.15, 0.2) is 24.3 Å². The lowest BCUT2D eigenvalue weighted by molar-refractivity contribution is -0.119. The summed E-state index contributed by atoms with van der Waals surface area (Å²) in [6, 6.07) is 8.17. The molecule has 0 saturated heterocycles. The molecule has 0 aliphatic rings. The van der Waals surface area contributed by atoms with Crippen LogP contribution < -0.4 is 5.32 Å². The molecule has 0 aromatic heterocycles. The third-order valence-corrected chi connectivity index (χ3v) is 2.03. The highest BCUT2D eigenvalue weighted by molar-refractivity contribution is 5.72. The van der Waals surface area contributed by atoms with Crippen molar-refractivity contribution >= 4 is 5.91 Å². The quantitative estimate of drug-likeness (QED) is 0.750. The molecule has 1 aromatic carbocycles. The second-order valence-corrected chi connectivity index (χ2v) is 3.03. The molecule has 13 heavy (non-hydrogen) atoms. The molecule has 70 valence electrons. The minimum atomic E-state index is 0.0194. The Morgan fingerprint density at radius 3 is 2.46 bits per heavy atom. The minimum absolute atomic E-state index is 0.0194. The lowest BCUT2D eigenvalue weighted by atomic mass is 10.1. The highest BCUT2D eigenvalue weighted by atomic mass is 16.1. The van der Waals surface area contributed by atoms with Crippen molar-refractivity contribution in [3.05, 3.63) is 35.4 Å². The number of rotatable bonds is 3. The van der Waals surface area contributed by atoms with Gasteiger partial charge in [-0.3, -0.25) is 4.79 Å². The second-order valence-electron chi connectivity index (χ2n) is 3.03. The number of nitrogens with one attached hydrogen (secondary N) is 1. The summed E-state index contributed by atoms with van der Waals surface area (Å²) in [6.45, 7) is 4.29. The Morgan fingerprint density at radius 2 is 1.92 bits per heavy atom. The lowest BCUT2D eigenvalue weighted by Crippen LogP contribution is -2.19. The first-order valence-electron chi connectivity index (χ1n) is 4.55. The molecule has 1 amide bonds. The van der Waals surface area contributed by atoms with Crippen LogP contribution in [0.2, 0.25) is 0 Å². The average Bonchev–Trinajstić information content (AvgIpc) is 2.15. The molecule has 1 N–H and O–H groups in total. The van der Waals surface area contributed by atoms with Crippen molar-refractivity contribution in [2.45, 2.75) is 26.8 Å². The van der Waals surface area contributed by atoms with Crippen molar-refractivity contribution in [3.8, 4) is 0 Å². The summed E-state index contributed by atoms with van der Waals surface area (Å²) in [5, 5.41) is 2.80. The minimum Gasteiger partial charge on any atom is -0.352 e. The third kappa shape index (κ3) is 2.90. The van der Waals surface area contributed by atoms with Crippen LogP contribution in [0, 0.1) is 0 Å². The van der Waals surface area contributed by atoms with E-state index >= 15 is 0 Å². The van der Waals surface area contributed by atoms with Gasteiger partial charge in [0.15, 0.2) is 0 Å². The Balaban J connectivity index is 2.69. The number of carbonyl (C=O) groups is 1. The summed E-state index contributed by atoms with van der Waals surface area (Å²) in [5.74, 6) is 0.0194. The number of amides is 1. The SMILES string of the molecule is CCc1ccccc1CNC(C)=O. The molecule has 1 rings (SSSR count). The molecule has 0 bridgehead atoms. The zero-order valence-electron chi connectivity index (χ0n) is 8.13. The summed E-state index contributed by atoms with van der Waals surface area (Å²) in [6.07, 6.45) is 1.01. The average molecular weight is 177 g/mol. The van der Waals surface area contributed by atoms with Crippen LogP contribution in [-0.4, -0.2) is 5.91 Å². The molecule has 0 aliphatic carbocycles. The van der Waals surface area contributed by atoms with Crippen LogP contribution in [0.4, 0.5) is 0 Å². The van der Waals surface area contributed by atoms with Crippen LogP contribution in [0.25, 0.3) is 0 Å². The van der Waals surface area contributed by atoms with Crippen LogP contribution in [0.1, 0.15) is 25.0 Å². The van der Waals surface area contributed by atoms with E-state index in [2.05, 4.69) is 24.4 Å². The van der Waals surface area contributed by atoms with Gasteiger partial charge in [0.05, 0.1) is 0 Å². The molecule has 2 heteroatoms. The number of aryl methyl sites for hydroxylation is 1. The third-order valence-electron chi connectivity index (χ3n) is 2.03. The van der Waals surface area contributed by atoms with E-state index in [-0.39, 0.29) is 5.91 Å². The Hall–Kier alpha value is -1.31. The predicted molar refractivity (Wildman–Crippen MR) is 53.3 cm³/mol. The molecular weight excluding hydrogens is 162 g/mol. The molecule has 0 unspecified atom stereocenters. The van der Waals surface area contributed by atoms with Crippen LogP contribution in [0.5, 0.6) is 0 Å². The van der Waals surface area contributed by atoms with Crippen LogP contribution in [-0.2, 0) is 17.8 Å². The molecule has 2 nitrogen and oxygen atoms in total. The number of benzene rings is 1. The van der Waals surface area contributed by atoms with E-state index in [0.717, 1.165) is 6.42 Å². The normalized spacial score (nSPS) is 9.69. The molecule has 0 fully saturated rings. The second kappa shape index (κ2) is 4.65. The van der Waals surface area contributed by atoms with Crippen molar-refractivity contribution < 1.29 is 4.79 Å². The van der Waals surface area contributed by atoms with Gasteiger partial charge in [0.25, 0.3) is 0 Å². The largest absolute Gasteiger partial charge is 0.352 e.